The van der Waals surface area contributed by atoms with E-state index in [1.807, 2.05) is 0 Å². The van der Waals surface area contributed by atoms with Crippen molar-refractivity contribution in [1.82, 2.24) is 39.0 Å². The van der Waals surface area contributed by atoms with E-state index in [0.29, 0.717) is 17.6 Å². The van der Waals surface area contributed by atoms with Crippen LogP contribution in [-0.2, 0) is 49.7 Å². The Morgan fingerprint density at radius 1 is 1.09 bits per heavy atom. The fourth-order valence-electron chi connectivity index (χ4n) is 6.17. The van der Waals surface area contributed by atoms with Gasteiger partial charge in [-0.3, -0.25) is 28.0 Å². The number of aromatic nitrogens is 8. The van der Waals surface area contributed by atoms with Crippen molar-refractivity contribution in [3.8, 4) is 0 Å². The number of ether oxygens (including phenoxy) is 2. The molecule has 7 heterocycles. The zero-order valence-electron chi connectivity index (χ0n) is 22.9. The third kappa shape index (κ3) is 4.99. The van der Waals surface area contributed by atoms with Crippen molar-refractivity contribution in [2.45, 2.75) is 48.9 Å². The summed E-state index contributed by atoms with van der Waals surface area (Å²) in [5.41, 5.74) is 10.5. The lowest BCUT2D eigenvalue weighted by atomic mass is 10.1. The molecule has 1 aliphatic carbocycles. The van der Waals surface area contributed by atoms with Crippen LogP contribution in [0.3, 0.4) is 0 Å². The Kier molecular flexibility index (Phi) is 7.14. The second kappa shape index (κ2) is 10.6. The first-order valence-corrected chi connectivity index (χ1v) is 19.1. The predicted octanol–water partition coefficient (Wildman–Crippen LogP) is 0.179. The summed E-state index contributed by atoms with van der Waals surface area (Å²) in [6, 6.07) is 0. The fourth-order valence-corrected chi connectivity index (χ4v) is 9.30. The molecule has 0 aromatic carbocycles. The van der Waals surface area contributed by atoms with Crippen molar-refractivity contribution >= 4 is 83.3 Å². The first-order valence-electron chi connectivity index (χ1n) is 13.5. The van der Waals surface area contributed by atoms with Gasteiger partial charge in [-0.15, -0.1) is 0 Å². The van der Waals surface area contributed by atoms with E-state index in [1.165, 1.54) is 17.2 Å². The number of anilines is 2. The number of thiol groups is 1. The van der Waals surface area contributed by atoms with Gasteiger partial charge in [0, 0.05) is 12.3 Å². The quantitative estimate of drug-likeness (QED) is 0.0910. The lowest BCUT2D eigenvalue weighted by molar-refractivity contribution is -0.0859. The standard InChI is InChI=1S/C21H23ClN10O10P2S2/c22-19-27-14(23)9-16(28-19)32(5-26-9)21-1-6(21)12-8(40-21)3-38-44(36,46)42-13-7(2-37-43(35,45)41-12)39-18(11(13)33)31-4-25-10-15(31)29-20(24)30-17(10)34/h4-8,11-13,18,33H,1-3H2,(H,35,45)(H,36,46)(H2,23,27,28)(H3,24,29,30,34)/t6?,7-,8-,11?,12?,13?,18-,21-,43?,44?/m1/s1. The van der Waals surface area contributed by atoms with E-state index in [9.17, 15) is 19.4 Å². The maximum atomic E-state index is 13.5. The molecule has 3 saturated heterocycles. The number of aromatic amines is 1. The van der Waals surface area contributed by atoms with Gasteiger partial charge in [-0.2, -0.15) is 15.0 Å². The van der Waals surface area contributed by atoms with Crippen LogP contribution >= 0.6 is 37.4 Å². The topological polar surface area (TPSA) is 272 Å². The fraction of sp³-hybridized carbons (Fsp3) is 0.524. The number of nitrogens with zero attached hydrogens (tertiary/aromatic N) is 7. The number of aliphatic hydroxyl groups excluding tert-OH is 1. The average Bonchev–Trinajstić information content (AvgIpc) is 3.30. The van der Waals surface area contributed by atoms with Crippen molar-refractivity contribution in [2.75, 3.05) is 24.7 Å². The molecule has 0 bridgehead atoms. The monoisotopic (exact) mass is 736 g/mol. The maximum Gasteiger partial charge on any atom is 0.386 e. The smallest absolute Gasteiger partial charge is 0.386 e. The first-order chi connectivity index (χ1) is 21.8. The molecule has 10 atom stereocenters. The van der Waals surface area contributed by atoms with Crippen molar-refractivity contribution in [1.29, 1.82) is 0 Å². The van der Waals surface area contributed by atoms with Crippen LogP contribution in [0.1, 0.15) is 12.6 Å². The van der Waals surface area contributed by atoms with E-state index >= 15 is 0 Å². The lowest BCUT2D eigenvalue weighted by Gasteiger charge is -2.30. The second-order valence-electron chi connectivity index (χ2n) is 11.0. The second-order valence-corrected chi connectivity index (χ2v) is 17.0. The third-order valence-corrected chi connectivity index (χ3v) is 11.5. The van der Waals surface area contributed by atoms with Gasteiger partial charge in [0.25, 0.3) is 5.56 Å². The number of H-pyrrole nitrogens is 1. The highest BCUT2D eigenvalue weighted by Gasteiger charge is 2.71. The number of fused-ring (bicyclic) bond motifs is 6. The average molecular weight is 737 g/mol. The normalized spacial score (nSPS) is 39.4. The lowest BCUT2D eigenvalue weighted by Crippen LogP contribution is -2.37. The molecule has 1 saturated carbocycles. The van der Waals surface area contributed by atoms with Crippen molar-refractivity contribution in [3.63, 3.8) is 0 Å². The molecule has 3 aliphatic heterocycles. The van der Waals surface area contributed by atoms with Gasteiger partial charge < -0.3 is 40.0 Å². The van der Waals surface area contributed by atoms with Crippen molar-refractivity contribution < 1.29 is 42.1 Å². The molecule has 4 aromatic heterocycles. The Hall–Kier alpha value is -2.30. The van der Waals surface area contributed by atoms with Gasteiger partial charge in [-0.05, 0) is 23.4 Å². The van der Waals surface area contributed by atoms with Gasteiger partial charge in [-0.25, -0.2) is 14.5 Å². The molecule has 8 rings (SSSR count). The maximum absolute atomic E-state index is 13.5. The number of nitrogens with two attached hydrogens (primary N) is 2. The van der Waals surface area contributed by atoms with E-state index in [1.54, 1.807) is 4.57 Å². The Balaban J connectivity index is 1.08. The molecule has 20 nitrogen and oxygen atoms in total. The molecule has 46 heavy (non-hydrogen) atoms. The summed E-state index contributed by atoms with van der Waals surface area (Å²) in [5.74, 6) is -0.528. The van der Waals surface area contributed by atoms with Crippen LogP contribution in [0.4, 0.5) is 11.8 Å². The summed E-state index contributed by atoms with van der Waals surface area (Å²) in [6.45, 7) is -9.12. The highest BCUT2D eigenvalue weighted by Crippen LogP contribution is 2.66. The number of nitrogen functional groups attached to an aromatic ring is 2. The van der Waals surface area contributed by atoms with Crippen LogP contribution in [0.15, 0.2) is 17.4 Å². The number of hydrogen-bond donors (Lipinski definition) is 6. The van der Waals surface area contributed by atoms with Gasteiger partial charge >= 0.3 is 13.5 Å². The van der Waals surface area contributed by atoms with Crippen LogP contribution in [-0.4, -0.2) is 92.8 Å². The zero-order chi connectivity index (χ0) is 32.3. The molecule has 4 aliphatic rings. The molecule has 0 radical (unpaired) electrons. The van der Waals surface area contributed by atoms with Crippen molar-refractivity contribution in [2.24, 2.45) is 5.92 Å². The van der Waals surface area contributed by atoms with Gasteiger partial charge in [0.2, 0.25) is 11.2 Å². The van der Waals surface area contributed by atoms with Gasteiger partial charge in [0.1, 0.15) is 36.0 Å². The minimum atomic E-state index is -4.24. The third-order valence-electron chi connectivity index (χ3n) is 8.20. The summed E-state index contributed by atoms with van der Waals surface area (Å²) < 4.78 is 51.8. The minimum Gasteiger partial charge on any atom is -0.386 e. The molecule has 25 heteroatoms. The highest BCUT2D eigenvalue weighted by atomic mass is 35.5. The molecule has 4 aromatic rings. The Morgan fingerprint density at radius 2 is 1.85 bits per heavy atom. The number of nitrogens with one attached hydrogen (secondary N) is 1. The molecular formula is C21H23ClN10O10P2S2. The molecule has 0 amide bonds. The van der Waals surface area contributed by atoms with Crippen LogP contribution in [0.2, 0.25) is 5.28 Å². The largest absolute Gasteiger partial charge is 0.386 e. The van der Waals surface area contributed by atoms with E-state index in [2.05, 4.69) is 42.2 Å². The minimum absolute atomic E-state index is 0.00410. The Labute approximate surface area is 271 Å². The number of imidazole rings is 2. The summed E-state index contributed by atoms with van der Waals surface area (Å²) in [5, 5.41) is 11.2. The highest BCUT2D eigenvalue weighted by molar-refractivity contribution is 8.44. The van der Waals surface area contributed by atoms with Crippen molar-refractivity contribution in [3.05, 3.63) is 28.3 Å². The van der Waals surface area contributed by atoms with Gasteiger partial charge in [0.05, 0.1) is 25.9 Å². The number of halogens is 1. The van der Waals surface area contributed by atoms with E-state index in [-0.39, 0.29) is 34.8 Å². The summed E-state index contributed by atoms with van der Waals surface area (Å²) in [4.78, 5) is 46.3. The molecule has 246 valence electrons. The SMILES string of the molecule is Nc1nc2c(ncn2[C@@H]2O[C@@H]3COP(O)(=S)OC4C5C[C@@]5(n5cnc6c(N)nc(Cl)nc65)O[C@@H]4COP(=O)(S)OC3C2O)c(=O)[nH]1. The van der Waals surface area contributed by atoms with Gasteiger partial charge in [-0.1, -0.05) is 12.2 Å². The Bertz CT molecular complexity index is 2070. The van der Waals surface area contributed by atoms with Crippen LogP contribution < -0.4 is 17.0 Å². The molecule has 7 N–H and O–H groups in total. The Morgan fingerprint density at radius 3 is 2.65 bits per heavy atom. The van der Waals surface area contributed by atoms with Gasteiger partial charge in [0.15, 0.2) is 34.6 Å². The molecule has 0 spiro atoms. The summed E-state index contributed by atoms with van der Waals surface area (Å²) >= 11 is 15.5. The molecule has 4 fully saturated rings. The predicted molar refractivity (Wildman–Crippen MR) is 163 cm³/mol. The number of aliphatic hydroxyl groups is 1. The first kappa shape index (κ1) is 31.0. The van der Waals surface area contributed by atoms with Crippen LogP contribution in [0.25, 0.3) is 22.3 Å². The van der Waals surface area contributed by atoms with Crippen LogP contribution in [0.5, 0.6) is 0 Å². The van der Waals surface area contributed by atoms with E-state index in [4.69, 9.17) is 62.4 Å². The number of hydrogen-bond acceptors (Lipinski definition) is 17. The number of rotatable bonds is 2. The summed E-state index contributed by atoms with van der Waals surface area (Å²) in [6.07, 6.45) is -4.20. The molecule has 6 unspecified atom stereocenters. The molecular weight excluding hydrogens is 714 g/mol. The zero-order valence-corrected chi connectivity index (χ0v) is 27.1. The van der Waals surface area contributed by atoms with E-state index in [0.717, 1.165) is 0 Å². The van der Waals surface area contributed by atoms with Crippen LogP contribution in [0, 0.1) is 5.92 Å². The van der Waals surface area contributed by atoms with E-state index < -0.39 is 74.1 Å². The summed E-state index contributed by atoms with van der Waals surface area (Å²) in [7, 11) is 0.